The first-order valence-electron chi connectivity index (χ1n) is 5.90. The van der Waals surface area contributed by atoms with E-state index < -0.39 is 0 Å². The van der Waals surface area contributed by atoms with Crippen LogP contribution < -0.4 is 10.6 Å². The molecule has 1 rings (SSSR count). The highest BCUT2D eigenvalue weighted by Gasteiger charge is 1.98. The van der Waals surface area contributed by atoms with Gasteiger partial charge in [-0.05, 0) is 11.4 Å². The molecular formula is C12H21N3O2S. The molecule has 0 aliphatic rings. The van der Waals surface area contributed by atoms with Crippen LogP contribution in [0.2, 0.25) is 0 Å². The number of hydrogen-bond donors (Lipinski definition) is 2. The highest BCUT2D eigenvalue weighted by atomic mass is 32.1. The molecule has 102 valence electrons. The van der Waals surface area contributed by atoms with E-state index in [4.69, 9.17) is 9.47 Å². The SMILES string of the molecule is CN=C(NCCOCCOC)NCc1cccs1. The van der Waals surface area contributed by atoms with Crippen molar-refractivity contribution in [2.45, 2.75) is 6.54 Å². The van der Waals surface area contributed by atoms with Gasteiger partial charge in [-0.3, -0.25) is 4.99 Å². The molecule has 0 saturated heterocycles. The molecule has 5 nitrogen and oxygen atoms in total. The van der Waals surface area contributed by atoms with E-state index in [1.807, 2.05) is 6.07 Å². The van der Waals surface area contributed by atoms with E-state index in [9.17, 15) is 0 Å². The summed E-state index contributed by atoms with van der Waals surface area (Å²) in [7, 11) is 3.42. The Morgan fingerprint density at radius 3 is 2.89 bits per heavy atom. The average molecular weight is 271 g/mol. The van der Waals surface area contributed by atoms with Crippen LogP contribution in [0.5, 0.6) is 0 Å². The molecule has 0 spiro atoms. The van der Waals surface area contributed by atoms with E-state index >= 15 is 0 Å². The van der Waals surface area contributed by atoms with E-state index in [2.05, 4.69) is 27.1 Å². The van der Waals surface area contributed by atoms with Crippen molar-refractivity contribution in [3.63, 3.8) is 0 Å². The molecule has 0 aromatic carbocycles. The van der Waals surface area contributed by atoms with E-state index in [0.717, 1.165) is 19.0 Å². The molecule has 1 aromatic heterocycles. The van der Waals surface area contributed by atoms with Crippen molar-refractivity contribution in [1.82, 2.24) is 10.6 Å². The molecule has 6 heteroatoms. The molecule has 0 amide bonds. The molecule has 2 N–H and O–H groups in total. The fourth-order valence-corrected chi connectivity index (χ4v) is 1.94. The fraction of sp³-hybridized carbons (Fsp3) is 0.583. The predicted octanol–water partition coefficient (Wildman–Crippen LogP) is 1.08. The first kappa shape index (κ1) is 14.9. The molecule has 0 radical (unpaired) electrons. The summed E-state index contributed by atoms with van der Waals surface area (Å²) in [4.78, 5) is 5.43. The molecule has 18 heavy (non-hydrogen) atoms. The van der Waals surface area contributed by atoms with Crippen LogP contribution in [0.1, 0.15) is 4.88 Å². The summed E-state index contributed by atoms with van der Waals surface area (Å²) in [5.74, 6) is 0.791. The van der Waals surface area contributed by atoms with E-state index in [-0.39, 0.29) is 0 Å². The maximum atomic E-state index is 5.35. The minimum absolute atomic E-state index is 0.624. The summed E-state index contributed by atoms with van der Waals surface area (Å²) in [5.41, 5.74) is 0. The quantitative estimate of drug-likeness (QED) is 0.422. The zero-order valence-electron chi connectivity index (χ0n) is 10.9. The third-order valence-corrected chi connectivity index (χ3v) is 3.08. The van der Waals surface area contributed by atoms with Crippen LogP contribution in [0.25, 0.3) is 0 Å². The second-order valence-electron chi connectivity index (χ2n) is 3.54. The number of ether oxygens (including phenoxy) is 2. The van der Waals surface area contributed by atoms with Crippen LogP contribution in [-0.2, 0) is 16.0 Å². The average Bonchev–Trinajstić information content (AvgIpc) is 2.90. The standard InChI is InChI=1S/C12H21N3O2S/c1-13-12(14-5-6-17-8-7-16-2)15-10-11-4-3-9-18-11/h3-4,9H,5-8,10H2,1-2H3,(H2,13,14,15). The smallest absolute Gasteiger partial charge is 0.191 e. The van der Waals surface area contributed by atoms with Gasteiger partial charge in [-0.1, -0.05) is 6.07 Å². The Morgan fingerprint density at radius 1 is 1.33 bits per heavy atom. The molecular weight excluding hydrogens is 250 g/mol. The van der Waals surface area contributed by atoms with Crippen molar-refractivity contribution in [3.05, 3.63) is 22.4 Å². The van der Waals surface area contributed by atoms with Crippen molar-refractivity contribution in [2.24, 2.45) is 4.99 Å². The van der Waals surface area contributed by atoms with Crippen LogP contribution in [-0.4, -0.2) is 46.5 Å². The van der Waals surface area contributed by atoms with Crippen molar-refractivity contribution in [3.8, 4) is 0 Å². The van der Waals surface area contributed by atoms with Crippen LogP contribution in [0.15, 0.2) is 22.5 Å². The molecule has 0 aliphatic carbocycles. The molecule has 0 atom stereocenters. The summed E-state index contributed by atoms with van der Waals surface area (Å²) in [6.07, 6.45) is 0. The molecule has 0 saturated carbocycles. The van der Waals surface area contributed by atoms with Crippen molar-refractivity contribution >= 4 is 17.3 Å². The lowest BCUT2D eigenvalue weighted by molar-refractivity contribution is 0.0733. The minimum Gasteiger partial charge on any atom is -0.382 e. The lowest BCUT2D eigenvalue weighted by atomic mass is 10.5. The number of hydrogen-bond acceptors (Lipinski definition) is 4. The Morgan fingerprint density at radius 2 is 2.22 bits per heavy atom. The van der Waals surface area contributed by atoms with Gasteiger partial charge >= 0.3 is 0 Å². The van der Waals surface area contributed by atoms with Crippen LogP contribution in [0.3, 0.4) is 0 Å². The zero-order chi connectivity index (χ0) is 13.1. The van der Waals surface area contributed by atoms with Gasteiger partial charge < -0.3 is 20.1 Å². The monoisotopic (exact) mass is 271 g/mol. The second-order valence-corrected chi connectivity index (χ2v) is 4.57. The summed E-state index contributed by atoms with van der Waals surface area (Å²) < 4.78 is 10.2. The molecule has 1 heterocycles. The molecule has 0 unspecified atom stereocenters. The van der Waals surface area contributed by atoms with Gasteiger partial charge in [-0.15, -0.1) is 11.3 Å². The lowest BCUT2D eigenvalue weighted by Crippen LogP contribution is -2.38. The van der Waals surface area contributed by atoms with E-state index in [1.165, 1.54) is 4.88 Å². The zero-order valence-corrected chi connectivity index (χ0v) is 11.8. The number of nitrogens with zero attached hydrogens (tertiary/aromatic N) is 1. The van der Waals surface area contributed by atoms with Crippen LogP contribution in [0.4, 0.5) is 0 Å². The van der Waals surface area contributed by atoms with Gasteiger partial charge in [0.05, 0.1) is 26.4 Å². The number of thiophene rings is 1. The molecule has 1 aromatic rings. The Balaban J connectivity index is 2.07. The lowest BCUT2D eigenvalue weighted by Gasteiger charge is -2.11. The first-order valence-corrected chi connectivity index (χ1v) is 6.78. The molecule has 0 bridgehead atoms. The Labute approximate surface area is 112 Å². The van der Waals surface area contributed by atoms with Gasteiger partial charge in [-0.25, -0.2) is 0 Å². The van der Waals surface area contributed by atoms with Gasteiger partial charge in [0.15, 0.2) is 5.96 Å². The minimum atomic E-state index is 0.624. The number of rotatable bonds is 8. The van der Waals surface area contributed by atoms with Crippen molar-refractivity contribution in [2.75, 3.05) is 40.5 Å². The summed E-state index contributed by atoms with van der Waals surface area (Å²) in [5, 5.41) is 8.50. The predicted molar refractivity (Wildman–Crippen MR) is 75.2 cm³/mol. The molecule has 0 aliphatic heterocycles. The highest BCUT2D eigenvalue weighted by Crippen LogP contribution is 2.06. The van der Waals surface area contributed by atoms with Gasteiger partial charge in [0.2, 0.25) is 0 Å². The normalized spacial score (nSPS) is 11.6. The Hall–Kier alpha value is -1.11. The third-order valence-electron chi connectivity index (χ3n) is 2.20. The fourth-order valence-electron chi connectivity index (χ4n) is 1.29. The molecule has 0 fully saturated rings. The third kappa shape index (κ3) is 6.58. The van der Waals surface area contributed by atoms with Gasteiger partial charge in [0.25, 0.3) is 0 Å². The highest BCUT2D eigenvalue weighted by molar-refractivity contribution is 7.09. The summed E-state index contributed by atoms with van der Waals surface area (Å²) in [6.45, 7) is 3.42. The second kappa shape index (κ2) is 9.87. The van der Waals surface area contributed by atoms with Gasteiger partial charge in [-0.2, -0.15) is 0 Å². The van der Waals surface area contributed by atoms with Gasteiger partial charge in [0, 0.05) is 25.6 Å². The number of nitrogens with one attached hydrogen (secondary N) is 2. The van der Waals surface area contributed by atoms with E-state index in [0.29, 0.717) is 19.8 Å². The number of methoxy groups -OCH3 is 1. The summed E-state index contributed by atoms with van der Waals surface area (Å²) >= 11 is 1.73. The number of aliphatic imine (C=N–C) groups is 1. The Bertz CT molecular complexity index is 328. The van der Waals surface area contributed by atoms with Crippen LogP contribution in [0, 0.1) is 0 Å². The maximum Gasteiger partial charge on any atom is 0.191 e. The van der Waals surface area contributed by atoms with Crippen molar-refractivity contribution < 1.29 is 9.47 Å². The maximum absolute atomic E-state index is 5.35. The number of guanidine groups is 1. The Kier molecular flexibility index (Phi) is 8.20. The first-order chi connectivity index (χ1) is 8.86. The topological polar surface area (TPSA) is 54.9 Å². The van der Waals surface area contributed by atoms with Crippen molar-refractivity contribution in [1.29, 1.82) is 0 Å². The van der Waals surface area contributed by atoms with Gasteiger partial charge in [0.1, 0.15) is 0 Å². The van der Waals surface area contributed by atoms with Crippen LogP contribution >= 0.6 is 11.3 Å². The summed E-state index contributed by atoms with van der Waals surface area (Å²) in [6, 6.07) is 4.14. The van der Waals surface area contributed by atoms with E-state index in [1.54, 1.807) is 25.5 Å². The largest absolute Gasteiger partial charge is 0.382 e.